The number of nitrogens with zero attached hydrogens (tertiary/aromatic N) is 1. The van der Waals surface area contributed by atoms with Gasteiger partial charge in [0.1, 0.15) is 13.5 Å². The molecule has 0 aliphatic carbocycles. The van der Waals surface area contributed by atoms with Crippen LogP contribution in [-0.4, -0.2) is 24.4 Å². The molecule has 0 saturated carbocycles. The standard InChI is InChI=1S/C4H6NO3/c1-8-5-3-2-4(6)7/h2-3H,1H3,(H,6,7). The molecule has 0 aromatic carbocycles. The Kier molecular flexibility index (Phi) is 3.56. The number of carboxylic acids is 1. The van der Waals surface area contributed by atoms with Crippen LogP contribution in [0.1, 0.15) is 0 Å². The Labute approximate surface area is 46.8 Å². The molecule has 1 N–H and O–H groups in total. The van der Waals surface area contributed by atoms with Gasteiger partial charge in [0.15, 0.2) is 0 Å². The number of carboxylic acid groups (broad SMARTS) is 1. The smallest absolute Gasteiger partial charge is 0.313 e. The van der Waals surface area contributed by atoms with E-state index < -0.39 is 5.97 Å². The van der Waals surface area contributed by atoms with Crippen LogP contribution >= 0.6 is 0 Å². The molecule has 0 aromatic rings. The summed E-state index contributed by atoms with van der Waals surface area (Å²) in [5, 5.41) is 11.1. The number of oxime groups is 1. The summed E-state index contributed by atoms with van der Waals surface area (Å²) in [4.78, 5) is 13.8. The largest absolute Gasteiger partial charge is 0.481 e. The maximum absolute atomic E-state index is 9.67. The monoisotopic (exact) mass is 116 g/mol. The predicted molar refractivity (Wildman–Crippen MR) is 27.4 cm³/mol. The average Bonchev–Trinajstić information content (AvgIpc) is 1.66. The van der Waals surface area contributed by atoms with Gasteiger partial charge in [0.05, 0.1) is 6.21 Å². The Morgan fingerprint density at radius 2 is 2.50 bits per heavy atom. The molecule has 0 spiro atoms. The molecule has 0 heterocycles. The van der Waals surface area contributed by atoms with Crippen molar-refractivity contribution in [1.29, 1.82) is 0 Å². The zero-order chi connectivity index (χ0) is 6.41. The highest BCUT2D eigenvalue weighted by Gasteiger charge is 1.89. The van der Waals surface area contributed by atoms with E-state index in [1.54, 1.807) is 0 Å². The molecule has 8 heavy (non-hydrogen) atoms. The molecule has 0 unspecified atom stereocenters. The number of rotatable bonds is 3. The Bertz CT molecular complexity index is 99.5. The number of aliphatic carboxylic acids is 1. The molecule has 4 nitrogen and oxygen atoms in total. The van der Waals surface area contributed by atoms with Gasteiger partial charge >= 0.3 is 5.97 Å². The highest BCUT2D eigenvalue weighted by Crippen LogP contribution is 1.70. The Balaban J connectivity index is 3.16. The third-order valence-electron chi connectivity index (χ3n) is 0.383. The van der Waals surface area contributed by atoms with E-state index in [4.69, 9.17) is 5.11 Å². The molecular formula is C4H6NO3. The summed E-state index contributed by atoms with van der Waals surface area (Å²) in [5.41, 5.74) is 0. The second-order valence-electron chi connectivity index (χ2n) is 0.942. The van der Waals surface area contributed by atoms with Crippen molar-refractivity contribution in [3.8, 4) is 0 Å². The van der Waals surface area contributed by atoms with Gasteiger partial charge in [-0.2, -0.15) is 0 Å². The first-order chi connectivity index (χ1) is 3.77. The lowest BCUT2D eigenvalue weighted by Crippen LogP contribution is -1.95. The molecule has 0 bridgehead atoms. The van der Waals surface area contributed by atoms with E-state index in [-0.39, 0.29) is 0 Å². The molecule has 0 aromatic heterocycles. The predicted octanol–water partition coefficient (Wildman–Crippen LogP) is -0.0925. The normalized spacial score (nSPS) is 9.62. The summed E-state index contributed by atoms with van der Waals surface area (Å²) in [6.07, 6.45) is 1.94. The fraction of sp³-hybridized carbons (Fsp3) is 0.250. The maximum atomic E-state index is 9.67. The molecule has 0 atom stereocenters. The van der Waals surface area contributed by atoms with Crippen LogP contribution in [0.4, 0.5) is 0 Å². The van der Waals surface area contributed by atoms with Crippen LogP contribution in [0.25, 0.3) is 0 Å². The quantitative estimate of drug-likeness (QED) is 0.414. The van der Waals surface area contributed by atoms with Crippen LogP contribution in [0.15, 0.2) is 5.16 Å². The molecule has 0 aliphatic rings. The second kappa shape index (κ2) is 4.11. The zero-order valence-electron chi connectivity index (χ0n) is 4.37. The lowest BCUT2D eigenvalue weighted by Gasteiger charge is -1.81. The molecule has 0 rings (SSSR count). The van der Waals surface area contributed by atoms with E-state index >= 15 is 0 Å². The minimum absolute atomic E-state index is 0.878. The van der Waals surface area contributed by atoms with E-state index in [1.165, 1.54) is 7.11 Å². The van der Waals surface area contributed by atoms with Crippen LogP contribution < -0.4 is 0 Å². The van der Waals surface area contributed by atoms with Crippen molar-refractivity contribution < 1.29 is 14.7 Å². The first-order valence-electron chi connectivity index (χ1n) is 1.90. The van der Waals surface area contributed by atoms with Crippen LogP contribution in [0.2, 0.25) is 0 Å². The molecule has 0 saturated heterocycles. The van der Waals surface area contributed by atoms with Gasteiger partial charge in [0.25, 0.3) is 0 Å². The summed E-state index contributed by atoms with van der Waals surface area (Å²) >= 11 is 0. The van der Waals surface area contributed by atoms with Gasteiger partial charge in [0.2, 0.25) is 0 Å². The molecule has 0 amide bonds. The number of hydrogen-bond donors (Lipinski definition) is 1. The van der Waals surface area contributed by atoms with Gasteiger partial charge in [-0.3, -0.25) is 4.79 Å². The average molecular weight is 116 g/mol. The van der Waals surface area contributed by atoms with E-state index in [9.17, 15) is 4.79 Å². The van der Waals surface area contributed by atoms with Gasteiger partial charge in [-0.1, -0.05) is 5.16 Å². The van der Waals surface area contributed by atoms with Crippen LogP contribution in [0, 0.1) is 6.42 Å². The lowest BCUT2D eigenvalue weighted by atomic mass is 10.5. The van der Waals surface area contributed by atoms with E-state index in [0.29, 0.717) is 0 Å². The van der Waals surface area contributed by atoms with Gasteiger partial charge in [0, 0.05) is 0 Å². The zero-order valence-corrected chi connectivity index (χ0v) is 4.37. The van der Waals surface area contributed by atoms with Crippen molar-refractivity contribution in [2.24, 2.45) is 5.16 Å². The van der Waals surface area contributed by atoms with Crippen molar-refractivity contribution in [2.75, 3.05) is 7.11 Å². The van der Waals surface area contributed by atoms with Crippen LogP contribution in [0.5, 0.6) is 0 Å². The third kappa shape index (κ3) is 4.94. The first-order valence-corrected chi connectivity index (χ1v) is 1.90. The third-order valence-corrected chi connectivity index (χ3v) is 0.383. The Hall–Kier alpha value is -1.06. The van der Waals surface area contributed by atoms with Gasteiger partial charge in [-0.15, -0.1) is 0 Å². The van der Waals surface area contributed by atoms with Crippen molar-refractivity contribution in [3.05, 3.63) is 6.42 Å². The Morgan fingerprint density at radius 1 is 1.88 bits per heavy atom. The summed E-state index contributed by atoms with van der Waals surface area (Å²) in [6.45, 7) is 0. The molecule has 0 fully saturated rings. The Morgan fingerprint density at radius 3 is 2.88 bits per heavy atom. The van der Waals surface area contributed by atoms with Crippen LogP contribution in [-0.2, 0) is 9.63 Å². The van der Waals surface area contributed by atoms with Gasteiger partial charge in [-0.25, -0.2) is 0 Å². The van der Waals surface area contributed by atoms with Crippen molar-refractivity contribution in [2.45, 2.75) is 0 Å². The minimum atomic E-state index is -1.04. The minimum Gasteiger partial charge on any atom is -0.481 e. The molecule has 0 aliphatic heterocycles. The van der Waals surface area contributed by atoms with Gasteiger partial charge < -0.3 is 9.94 Å². The molecular weight excluding hydrogens is 110 g/mol. The molecule has 4 heteroatoms. The summed E-state index contributed by atoms with van der Waals surface area (Å²) in [6, 6.07) is 0. The van der Waals surface area contributed by atoms with Crippen molar-refractivity contribution >= 4 is 12.2 Å². The maximum Gasteiger partial charge on any atom is 0.313 e. The number of hydrogen-bond acceptors (Lipinski definition) is 3. The van der Waals surface area contributed by atoms with Crippen molar-refractivity contribution in [1.82, 2.24) is 0 Å². The summed E-state index contributed by atoms with van der Waals surface area (Å²) < 4.78 is 0. The molecule has 1 radical (unpaired) electrons. The summed E-state index contributed by atoms with van der Waals surface area (Å²) in [7, 11) is 1.34. The van der Waals surface area contributed by atoms with E-state index in [0.717, 1.165) is 12.6 Å². The van der Waals surface area contributed by atoms with Crippen molar-refractivity contribution in [3.63, 3.8) is 0 Å². The highest BCUT2D eigenvalue weighted by atomic mass is 16.6. The second-order valence-corrected chi connectivity index (χ2v) is 0.942. The first kappa shape index (κ1) is 6.94. The van der Waals surface area contributed by atoms with E-state index in [1.807, 2.05) is 0 Å². The number of carbonyl (C=O) groups is 1. The summed E-state index contributed by atoms with van der Waals surface area (Å²) in [5.74, 6) is -1.04. The molecule has 45 valence electrons. The lowest BCUT2D eigenvalue weighted by molar-refractivity contribution is -0.132. The fourth-order valence-electron chi connectivity index (χ4n) is 0.155. The highest BCUT2D eigenvalue weighted by molar-refractivity contribution is 5.96. The van der Waals surface area contributed by atoms with Crippen LogP contribution in [0.3, 0.4) is 0 Å². The topological polar surface area (TPSA) is 58.9 Å². The fourth-order valence-corrected chi connectivity index (χ4v) is 0.155. The van der Waals surface area contributed by atoms with Gasteiger partial charge in [-0.05, 0) is 0 Å². The SMILES string of the molecule is CON=C[CH]C(=O)O. The van der Waals surface area contributed by atoms with E-state index in [2.05, 4.69) is 9.99 Å².